The maximum Gasteiger partial charge on any atom is 0.222 e. The maximum atomic E-state index is 11.6. The van der Waals surface area contributed by atoms with Gasteiger partial charge >= 0.3 is 0 Å². The molecule has 1 amide bonds. The van der Waals surface area contributed by atoms with E-state index in [2.05, 4.69) is 15.6 Å². The minimum atomic E-state index is 0.0224. The van der Waals surface area contributed by atoms with Crippen LogP contribution in [0.4, 0.5) is 0 Å². The largest absolute Gasteiger partial charge is 0.375 e. The first kappa shape index (κ1) is 12.1. The molecule has 1 aromatic rings. The lowest BCUT2D eigenvalue weighted by molar-refractivity contribution is -0.124. The molecule has 2 heterocycles. The average Bonchev–Trinajstić information content (AvgIpc) is 2.83. The van der Waals surface area contributed by atoms with Crippen molar-refractivity contribution in [3.05, 3.63) is 24.0 Å². The van der Waals surface area contributed by atoms with E-state index >= 15 is 0 Å². The second-order valence-electron chi connectivity index (χ2n) is 4.20. The number of nitrogens with one attached hydrogen (secondary N) is 3. The van der Waals surface area contributed by atoms with Gasteiger partial charge in [-0.15, -0.1) is 0 Å². The molecular weight excluding hydrogens is 218 g/mol. The number of amides is 1. The number of hydrogen-bond acceptors (Lipinski definition) is 3. The van der Waals surface area contributed by atoms with E-state index in [1.54, 1.807) is 0 Å². The molecule has 1 atom stereocenters. The van der Waals surface area contributed by atoms with Crippen LogP contribution in [0.15, 0.2) is 18.3 Å². The van der Waals surface area contributed by atoms with Crippen molar-refractivity contribution in [3.8, 4) is 0 Å². The first-order chi connectivity index (χ1) is 8.34. The van der Waals surface area contributed by atoms with Gasteiger partial charge in [-0.25, -0.2) is 0 Å². The summed E-state index contributed by atoms with van der Waals surface area (Å²) in [6, 6.07) is 3.97. The molecule has 1 aliphatic rings. The van der Waals surface area contributed by atoms with Gasteiger partial charge < -0.3 is 20.4 Å². The van der Waals surface area contributed by atoms with Crippen LogP contribution in [-0.4, -0.2) is 43.2 Å². The SMILES string of the molecule is O=C(CC1CNCCO1)NCCc1ccc[nH]1. The van der Waals surface area contributed by atoms with E-state index in [4.69, 9.17) is 4.74 Å². The minimum absolute atomic E-state index is 0.0224. The number of morpholine rings is 1. The quantitative estimate of drug-likeness (QED) is 0.678. The van der Waals surface area contributed by atoms with Gasteiger partial charge in [0, 0.05) is 37.9 Å². The van der Waals surface area contributed by atoms with Crippen LogP contribution < -0.4 is 10.6 Å². The van der Waals surface area contributed by atoms with Crippen molar-refractivity contribution in [2.45, 2.75) is 18.9 Å². The molecule has 5 nitrogen and oxygen atoms in total. The van der Waals surface area contributed by atoms with E-state index in [-0.39, 0.29) is 12.0 Å². The summed E-state index contributed by atoms with van der Waals surface area (Å²) in [6.45, 7) is 3.01. The lowest BCUT2D eigenvalue weighted by Crippen LogP contribution is -2.41. The molecule has 2 rings (SSSR count). The fraction of sp³-hybridized carbons (Fsp3) is 0.583. The van der Waals surface area contributed by atoms with Crippen LogP contribution in [0.1, 0.15) is 12.1 Å². The van der Waals surface area contributed by atoms with Gasteiger partial charge in [0.05, 0.1) is 19.1 Å². The summed E-state index contributed by atoms with van der Waals surface area (Å²) in [6.07, 6.45) is 3.19. The van der Waals surface area contributed by atoms with Crippen LogP contribution in [0.5, 0.6) is 0 Å². The van der Waals surface area contributed by atoms with Crippen LogP contribution in [0.3, 0.4) is 0 Å². The summed E-state index contributed by atoms with van der Waals surface area (Å²) >= 11 is 0. The molecule has 1 saturated heterocycles. The Hall–Kier alpha value is -1.33. The standard InChI is InChI=1S/C12H19N3O2/c16-12(8-11-9-13-6-7-17-11)15-5-3-10-2-1-4-14-10/h1-2,4,11,13-14H,3,5-9H2,(H,15,16). The topological polar surface area (TPSA) is 66.2 Å². The van der Waals surface area contributed by atoms with Crippen molar-refractivity contribution < 1.29 is 9.53 Å². The minimum Gasteiger partial charge on any atom is -0.375 e. The number of hydrogen-bond donors (Lipinski definition) is 3. The predicted octanol–water partition coefficient (Wildman–Crippen LogP) is 0.0519. The number of ether oxygens (including phenoxy) is 1. The molecule has 0 bridgehead atoms. The Morgan fingerprint density at radius 3 is 3.24 bits per heavy atom. The highest BCUT2D eigenvalue weighted by molar-refractivity contribution is 5.76. The highest BCUT2D eigenvalue weighted by Gasteiger charge is 2.16. The average molecular weight is 237 g/mol. The fourth-order valence-electron chi connectivity index (χ4n) is 1.89. The molecular formula is C12H19N3O2. The summed E-state index contributed by atoms with van der Waals surface area (Å²) < 4.78 is 5.47. The van der Waals surface area contributed by atoms with Crippen molar-refractivity contribution in [1.29, 1.82) is 0 Å². The predicted molar refractivity (Wildman–Crippen MR) is 64.7 cm³/mol. The van der Waals surface area contributed by atoms with Crippen LogP contribution in [0.2, 0.25) is 0 Å². The number of H-pyrrole nitrogens is 1. The van der Waals surface area contributed by atoms with E-state index in [1.807, 2.05) is 18.3 Å². The molecule has 3 N–H and O–H groups in total. The summed E-state index contributed by atoms with van der Waals surface area (Å²) in [7, 11) is 0. The van der Waals surface area contributed by atoms with Gasteiger partial charge in [-0.3, -0.25) is 4.79 Å². The molecule has 0 aromatic carbocycles. The normalized spacial score (nSPS) is 20.1. The Morgan fingerprint density at radius 2 is 2.53 bits per heavy atom. The Kier molecular flexibility index (Phi) is 4.58. The second kappa shape index (κ2) is 6.42. The molecule has 0 saturated carbocycles. The van der Waals surface area contributed by atoms with Gasteiger partial charge in [0.2, 0.25) is 5.91 Å². The van der Waals surface area contributed by atoms with Crippen molar-refractivity contribution in [1.82, 2.24) is 15.6 Å². The first-order valence-electron chi connectivity index (χ1n) is 6.06. The van der Waals surface area contributed by atoms with Crippen LogP contribution in [0, 0.1) is 0 Å². The summed E-state index contributed by atoms with van der Waals surface area (Å²) in [4.78, 5) is 14.7. The molecule has 5 heteroatoms. The number of carbonyl (C=O) groups excluding carboxylic acids is 1. The van der Waals surface area contributed by atoms with Gasteiger partial charge in [0.1, 0.15) is 0 Å². The molecule has 17 heavy (non-hydrogen) atoms. The van der Waals surface area contributed by atoms with Crippen molar-refractivity contribution >= 4 is 5.91 Å². The van der Waals surface area contributed by atoms with Gasteiger partial charge in [-0.2, -0.15) is 0 Å². The molecule has 1 unspecified atom stereocenters. The third kappa shape index (κ3) is 4.20. The lowest BCUT2D eigenvalue weighted by Gasteiger charge is -2.22. The van der Waals surface area contributed by atoms with E-state index in [0.29, 0.717) is 19.6 Å². The highest BCUT2D eigenvalue weighted by Crippen LogP contribution is 2.01. The van der Waals surface area contributed by atoms with Gasteiger partial charge in [-0.1, -0.05) is 0 Å². The lowest BCUT2D eigenvalue weighted by atomic mass is 10.2. The second-order valence-corrected chi connectivity index (χ2v) is 4.20. The molecule has 94 valence electrons. The van der Waals surface area contributed by atoms with Crippen molar-refractivity contribution in [2.75, 3.05) is 26.2 Å². The van der Waals surface area contributed by atoms with Gasteiger partial charge in [0.15, 0.2) is 0 Å². The third-order valence-corrected chi connectivity index (χ3v) is 2.80. The molecule has 1 aliphatic heterocycles. The molecule has 1 fully saturated rings. The van der Waals surface area contributed by atoms with E-state index in [1.165, 1.54) is 0 Å². The van der Waals surface area contributed by atoms with Crippen molar-refractivity contribution in [3.63, 3.8) is 0 Å². The molecule has 0 spiro atoms. The van der Waals surface area contributed by atoms with Crippen LogP contribution in [0.25, 0.3) is 0 Å². The Bertz CT molecular complexity index is 332. The van der Waals surface area contributed by atoms with Gasteiger partial charge in [-0.05, 0) is 12.1 Å². The van der Waals surface area contributed by atoms with E-state index < -0.39 is 0 Å². The van der Waals surface area contributed by atoms with E-state index in [0.717, 1.165) is 25.2 Å². The van der Waals surface area contributed by atoms with E-state index in [9.17, 15) is 4.79 Å². The first-order valence-corrected chi connectivity index (χ1v) is 6.06. The zero-order valence-corrected chi connectivity index (χ0v) is 9.87. The fourth-order valence-corrected chi connectivity index (χ4v) is 1.89. The number of rotatable bonds is 5. The van der Waals surface area contributed by atoms with Crippen LogP contribution >= 0.6 is 0 Å². The maximum absolute atomic E-state index is 11.6. The van der Waals surface area contributed by atoms with Gasteiger partial charge in [0.25, 0.3) is 0 Å². The Morgan fingerprint density at radius 1 is 1.59 bits per heavy atom. The number of aromatic amines is 1. The molecule has 1 aromatic heterocycles. The van der Waals surface area contributed by atoms with Crippen LogP contribution in [-0.2, 0) is 16.0 Å². The highest BCUT2D eigenvalue weighted by atomic mass is 16.5. The summed E-state index contributed by atoms with van der Waals surface area (Å²) in [5, 5.41) is 6.11. The monoisotopic (exact) mass is 237 g/mol. The third-order valence-electron chi connectivity index (χ3n) is 2.80. The van der Waals surface area contributed by atoms with Crippen molar-refractivity contribution in [2.24, 2.45) is 0 Å². The summed E-state index contributed by atoms with van der Waals surface area (Å²) in [5.74, 6) is 0.0604. The summed E-state index contributed by atoms with van der Waals surface area (Å²) in [5.41, 5.74) is 1.14. The Labute approximate surface area is 101 Å². The zero-order chi connectivity index (χ0) is 11.9. The smallest absolute Gasteiger partial charge is 0.222 e. The molecule has 0 aliphatic carbocycles. The number of carbonyl (C=O) groups is 1. The molecule has 0 radical (unpaired) electrons. The Balaban J connectivity index is 1.60. The number of aromatic nitrogens is 1. The zero-order valence-electron chi connectivity index (χ0n) is 9.87.